The average molecular weight is 316 g/mol. The first kappa shape index (κ1) is 17.8. The van der Waals surface area contributed by atoms with E-state index in [0.29, 0.717) is 0 Å². The predicted molar refractivity (Wildman–Crippen MR) is 98.7 cm³/mol. The molecule has 2 N–H and O–H groups in total. The Morgan fingerprint density at radius 3 is 2.22 bits per heavy atom. The summed E-state index contributed by atoms with van der Waals surface area (Å²) in [5.41, 5.74) is 2.71. The predicted octanol–water partition coefficient (Wildman–Crippen LogP) is 3.14. The van der Waals surface area contributed by atoms with E-state index in [1.807, 2.05) is 7.05 Å². The molecule has 0 radical (unpaired) electrons. The Labute approximate surface area is 141 Å². The standard InChI is InChI=1S/C19H32N4/c1-19(2,3)22-18(20-4)21-14-16-8-10-17(11-9-16)15-23-12-6-5-7-13-23/h8-11H,5-7,12-15H2,1-4H3,(H2,20,21,22). The molecule has 0 aliphatic carbocycles. The minimum absolute atomic E-state index is 0.0140. The van der Waals surface area contributed by atoms with Gasteiger partial charge in [-0.05, 0) is 57.8 Å². The molecule has 1 aliphatic heterocycles. The Morgan fingerprint density at radius 2 is 1.65 bits per heavy atom. The second-order valence-electron chi connectivity index (χ2n) is 7.45. The van der Waals surface area contributed by atoms with Crippen LogP contribution in [0, 0.1) is 0 Å². The highest BCUT2D eigenvalue weighted by atomic mass is 15.2. The summed E-state index contributed by atoms with van der Waals surface area (Å²) in [5.74, 6) is 0.842. The molecular weight excluding hydrogens is 284 g/mol. The molecule has 1 saturated heterocycles. The van der Waals surface area contributed by atoms with Crippen LogP contribution < -0.4 is 10.6 Å². The van der Waals surface area contributed by atoms with Crippen molar-refractivity contribution >= 4 is 5.96 Å². The van der Waals surface area contributed by atoms with Crippen LogP contribution in [0.1, 0.15) is 51.2 Å². The van der Waals surface area contributed by atoms with Crippen molar-refractivity contribution in [3.63, 3.8) is 0 Å². The van der Waals surface area contributed by atoms with Crippen molar-refractivity contribution in [2.45, 2.75) is 58.7 Å². The van der Waals surface area contributed by atoms with Crippen LogP contribution in [0.15, 0.2) is 29.3 Å². The van der Waals surface area contributed by atoms with Gasteiger partial charge in [0.1, 0.15) is 0 Å². The normalized spacial score (nSPS) is 17.1. The zero-order valence-corrected chi connectivity index (χ0v) is 15.2. The summed E-state index contributed by atoms with van der Waals surface area (Å²) < 4.78 is 0. The number of nitrogens with zero attached hydrogens (tertiary/aromatic N) is 2. The van der Waals surface area contributed by atoms with Gasteiger partial charge in [-0.3, -0.25) is 9.89 Å². The second kappa shape index (κ2) is 8.34. The van der Waals surface area contributed by atoms with Gasteiger partial charge in [-0.25, -0.2) is 0 Å². The molecule has 0 unspecified atom stereocenters. The molecule has 23 heavy (non-hydrogen) atoms. The molecule has 1 aromatic rings. The summed E-state index contributed by atoms with van der Waals surface area (Å²) in [6, 6.07) is 8.95. The third kappa shape index (κ3) is 6.61. The topological polar surface area (TPSA) is 39.7 Å². The van der Waals surface area contributed by atoms with Gasteiger partial charge in [0.05, 0.1) is 0 Å². The quantitative estimate of drug-likeness (QED) is 0.662. The Balaban J connectivity index is 1.82. The van der Waals surface area contributed by atoms with E-state index in [9.17, 15) is 0 Å². The minimum atomic E-state index is 0.0140. The van der Waals surface area contributed by atoms with Gasteiger partial charge in [0.15, 0.2) is 5.96 Å². The van der Waals surface area contributed by atoms with Gasteiger partial charge in [-0.2, -0.15) is 0 Å². The molecule has 1 aliphatic rings. The Hall–Kier alpha value is -1.55. The SMILES string of the molecule is CN=C(NCc1ccc(CN2CCCCC2)cc1)NC(C)(C)C. The molecule has 0 bridgehead atoms. The molecule has 0 aromatic heterocycles. The molecule has 2 rings (SSSR count). The lowest BCUT2D eigenvalue weighted by molar-refractivity contribution is 0.221. The monoisotopic (exact) mass is 316 g/mol. The van der Waals surface area contributed by atoms with Crippen molar-refractivity contribution in [1.82, 2.24) is 15.5 Å². The molecule has 0 saturated carbocycles. The van der Waals surface area contributed by atoms with E-state index < -0.39 is 0 Å². The number of aliphatic imine (C=N–C) groups is 1. The highest BCUT2D eigenvalue weighted by Gasteiger charge is 2.12. The van der Waals surface area contributed by atoms with E-state index in [0.717, 1.165) is 19.0 Å². The lowest BCUT2D eigenvalue weighted by atomic mass is 10.1. The van der Waals surface area contributed by atoms with E-state index >= 15 is 0 Å². The maximum absolute atomic E-state index is 4.27. The summed E-state index contributed by atoms with van der Waals surface area (Å²) >= 11 is 0. The van der Waals surface area contributed by atoms with Crippen molar-refractivity contribution < 1.29 is 0 Å². The highest BCUT2D eigenvalue weighted by molar-refractivity contribution is 5.80. The van der Waals surface area contributed by atoms with Crippen LogP contribution in [0.5, 0.6) is 0 Å². The number of piperidine rings is 1. The molecular formula is C19H32N4. The fraction of sp³-hybridized carbons (Fsp3) is 0.632. The summed E-state index contributed by atoms with van der Waals surface area (Å²) in [5, 5.41) is 6.75. The van der Waals surface area contributed by atoms with Crippen LogP contribution in [0.3, 0.4) is 0 Å². The zero-order chi connectivity index (χ0) is 16.7. The first-order valence-corrected chi connectivity index (χ1v) is 8.75. The maximum atomic E-state index is 4.27. The summed E-state index contributed by atoms with van der Waals surface area (Å²) in [6.45, 7) is 10.8. The molecule has 4 heteroatoms. The molecule has 4 nitrogen and oxygen atoms in total. The summed E-state index contributed by atoms with van der Waals surface area (Å²) in [6.07, 6.45) is 4.09. The first-order chi connectivity index (χ1) is 11.0. The maximum Gasteiger partial charge on any atom is 0.191 e. The van der Waals surface area contributed by atoms with E-state index in [2.05, 4.69) is 65.6 Å². The number of rotatable bonds is 4. The van der Waals surface area contributed by atoms with Crippen LogP contribution in [0.4, 0.5) is 0 Å². The Kier molecular flexibility index (Phi) is 6.46. The van der Waals surface area contributed by atoms with Crippen LogP contribution in [0.2, 0.25) is 0 Å². The Bertz CT molecular complexity index is 493. The smallest absolute Gasteiger partial charge is 0.191 e. The van der Waals surface area contributed by atoms with Crippen molar-refractivity contribution in [1.29, 1.82) is 0 Å². The molecule has 1 heterocycles. The highest BCUT2D eigenvalue weighted by Crippen LogP contribution is 2.13. The average Bonchev–Trinajstić information content (AvgIpc) is 2.53. The largest absolute Gasteiger partial charge is 0.352 e. The van der Waals surface area contributed by atoms with Gasteiger partial charge in [0.2, 0.25) is 0 Å². The van der Waals surface area contributed by atoms with Gasteiger partial charge in [0.25, 0.3) is 0 Å². The Morgan fingerprint density at radius 1 is 1.04 bits per heavy atom. The summed E-state index contributed by atoms with van der Waals surface area (Å²) in [7, 11) is 1.81. The molecule has 0 atom stereocenters. The van der Waals surface area contributed by atoms with Gasteiger partial charge >= 0.3 is 0 Å². The minimum Gasteiger partial charge on any atom is -0.352 e. The molecule has 0 amide bonds. The molecule has 1 fully saturated rings. The zero-order valence-electron chi connectivity index (χ0n) is 15.2. The number of likely N-dealkylation sites (tertiary alicyclic amines) is 1. The van der Waals surface area contributed by atoms with Crippen molar-refractivity contribution in [2.75, 3.05) is 20.1 Å². The number of benzene rings is 1. The van der Waals surface area contributed by atoms with Gasteiger partial charge < -0.3 is 10.6 Å². The first-order valence-electron chi connectivity index (χ1n) is 8.75. The van der Waals surface area contributed by atoms with Crippen LogP contribution in [-0.4, -0.2) is 36.5 Å². The van der Waals surface area contributed by atoms with Gasteiger partial charge in [0, 0.05) is 25.7 Å². The third-order valence-electron chi connectivity index (χ3n) is 4.05. The van der Waals surface area contributed by atoms with Crippen molar-refractivity contribution in [3.8, 4) is 0 Å². The van der Waals surface area contributed by atoms with Gasteiger partial charge in [-0.15, -0.1) is 0 Å². The fourth-order valence-electron chi connectivity index (χ4n) is 2.86. The third-order valence-corrected chi connectivity index (χ3v) is 4.05. The number of guanidine groups is 1. The summed E-state index contributed by atoms with van der Waals surface area (Å²) in [4.78, 5) is 6.83. The fourth-order valence-corrected chi connectivity index (χ4v) is 2.86. The van der Waals surface area contributed by atoms with E-state index in [4.69, 9.17) is 0 Å². The number of nitrogens with one attached hydrogen (secondary N) is 2. The molecule has 128 valence electrons. The van der Waals surface area contributed by atoms with E-state index in [1.54, 1.807) is 0 Å². The van der Waals surface area contributed by atoms with Crippen molar-refractivity contribution in [2.24, 2.45) is 4.99 Å². The number of hydrogen-bond acceptors (Lipinski definition) is 2. The van der Waals surface area contributed by atoms with Gasteiger partial charge in [-0.1, -0.05) is 30.7 Å². The number of hydrogen-bond donors (Lipinski definition) is 2. The van der Waals surface area contributed by atoms with Crippen LogP contribution in [-0.2, 0) is 13.1 Å². The van der Waals surface area contributed by atoms with E-state index in [-0.39, 0.29) is 5.54 Å². The second-order valence-corrected chi connectivity index (χ2v) is 7.45. The molecule has 1 aromatic carbocycles. The van der Waals surface area contributed by atoms with Crippen LogP contribution >= 0.6 is 0 Å². The molecule has 0 spiro atoms. The lowest BCUT2D eigenvalue weighted by Gasteiger charge is -2.26. The lowest BCUT2D eigenvalue weighted by Crippen LogP contribution is -2.47. The van der Waals surface area contributed by atoms with Crippen LogP contribution in [0.25, 0.3) is 0 Å². The van der Waals surface area contributed by atoms with Crippen molar-refractivity contribution in [3.05, 3.63) is 35.4 Å². The van der Waals surface area contributed by atoms with E-state index in [1.165, 1.54) is 43.5 Å².